The first kappa shape index (κ1) is 20.0. The van der Waals surface area contributed by atoms with Gasteiger partial charge in [-0.1, -0.05) is 44.5 Å². The molecule has 26 heavy (non-hydrogen) atoms. The number of ether oxygens (including phenoxy) is 2. The number of ketones is 1. The highest BCUT2D eigenvalue weighted by Gasteiger charge is 2.25. The lowest BCUT2D eigenvalue weighted by atomic mass is 9.97. The fourth-order valence-corrected chi connectivity index (χ4v) is 2.97. The Bertz CT molecular complexity index is 766. The molecule has 0 N–H and O–H groups in total. The van der Waals surface area contributed by atoms with Gasteiger partial charge in [0.2, 0.25) is 0 Å². The molecule has 0 saturated heterocycles. The molecule has 0 heterocycles. The number of benzene rings is 2. The third kappa shape index (κ3) is 4.84. The van der Waals surface area contributed by atoms with Crippen LogP contribution in [0.4, 0.5) is 0 Å². The number of esters is 1. The minimum Gasteiger partial charge on any atom is -0.497 e. The molecule has 2 aromatic rings. The molecule has 0 aliphatic rings. The Hall–Kier alpha value is -2.36. The van der Waals surface area contributed by atoms with Crippen LogP contribution in [-0.4, -0.2) is 25.0 Å². The van der Waals surface area contributed by atoms with Gasteiger partial charge in [0.25, 0.3) is 0 Å². The lowest BCUT2D eigenvalue weighted by Crippen LogP contribution is -2.29. The van der Waals surface area contributed by atoms with E-state index in [0.717, 1.165) is 34.9 Å². The van der Waals surface area contributed by atoms with Crippen LogP contribution in [-0.2, 0) is 14.3 Å². The minimum atomic E-state index is -0.625. The topological polar surface area (TPSA) is 52.6 Å². The fourth-order valence-electron chi connectivity index (χ4n) is 2.97. The third-order valence-electron chi connectivity index (χ3n) is 4.59. The van der Waals surface area contributed by atoms with E-state index in [9.17, 15) is 9.59 Å². The second kappa shape index (κ2) is 9.37. The van der Waals surface area contributed by atoms with Gasteiger partial charge in [0, 0.05) is 6.42 Å². The van der Waals surface area contributed by atoms with Crippen molar-refractivity contribution < 1.29 is 19.1 Å². The standard InChI is InChI=1S/C22H28O4/c1-5-7-20(23)21(8-6-2)26-22(24)15(3)16-9-10-18-14-19(25-4)12-11-17(18)13-16/h9-15,21H,5-8H2,1-4H3. The quantitative estimate of drug-likeness (QED) is 0.591. The molecule has 0 aliphatic heterocycles. The number of hydrogen-bond donors (Lipinski definition) is 0. The SMILES string of the molecule is CCCC(=O)C(CCC)OC(=O)C(C)c1ccc2cc(OC)ccc2c1. The van der Waals surface area contributed by atoms with Gasteiger partial charge < -0.3 is 9.47 Å². The van der Waals surface area contributed by atoms with Crippen molar-refractivity contribution in [3.8, 4) is 5.75 Å². The van der Waals surface area contributed by atoms with Crippen LogP contribution < -0.4 is 4.74 Å². The van der Waals surface area contributed by atoms with E-state index in [4.69, 9.17) is 9.47 Å². The largest absolute Gasteiger partial charge is 0.497 e. The molecule has 0 aliphatic carbocycles. The number of carbonyl (C=O) groups is 2. The monoisotopic (exact) mass is 356 g/mol. The maximum Gasteiger partial charge on any atom is 0.313 e. The van der Waals surface area contributed by atoms with Crippen molar-refractivity contribution in [3.63, 3.8) is 0 Å². The van der Waals surface area contributed by atoms with Crippen LogP contribution in [0.1, 0.15) is 57.9 Å². The summed E-state index contributed by atoms with van der Waals surface area (Å²) >= 11 is 0. The number of rotatable bonds is 9. The van der Waals surface area contributed by atoms with Gasteiger partial charge in [-0.25, -0.2) is 0 Å². The van der Waals surface area contributed by atoms with Gasteiger partial charge in [0.1, 0.15) is 5.75 Å². The zero-order valence-electron chi connectivity index (χ0n) is 16.1. The Morgan fingerprint density at radius 3 is 2.35 bits per heavy atom. The summed E-state index contributed by atoms with van der Waals surface area (Å²) < 4.78 is 10.8. The highest BCUT2D eigenvalue weighted by Crippen LogP contribution is 2.26. The van der Waals surface area contributed by atoms with E-state index in [1.54, 1.807) is 7.11 Å². The van der Waals surface area contributed by atoms with Crippen molar-refractivity contribution in [2.75, 3.05) is 7.11 Å². The van der Waals surface area contributed by atoms with Gasteiger partial charge in [-0.05, 0) is 48.2 Å². The Labute approximate surface area is 155 Å². The minimum absolute atomic E-state index is 0.0144. The molecule has 0 spiro atoms. The number of carbonyl (C=O) groups excluding carboxylic acids is 2. The molecule has 0 radical (unpaired) electrons. The highest BCUT2D eigenvalue weighted by atomic mass is 16.5. The fraction of sp³-hybridized carbons (Fsp3) is 0.455. The van der Waals surface area contributed by atoms with Crippen molar-refractivity contribution in [2.24, 2.45) is 0 Å². The van der Waals surface area contributed by atoms with E-state index >= 15 is 0 Å². The van der Waals surface area contributed by atoms with Crippen LogP contribution in [0.15, 0.2) is 36.4 Å². The van der Waals surface area contributed by atoms with E-state index < -0.39 is 12.0 Å². The first-order valence-corrected chi connectivity index (χ1v) is 9.31. The maximum atomic E-state index is 12.6. The van der Waals surface area contributed by atoms with E-state index in [1.807, 2.05) is 57.2 Å². The Balaban J connectivity index is 2.15. The van der Waals surface area contributed by atoms with Crippen LogP contribution in [0.5, 0.6) is 5.75 Å². The van der Waals surface area contributed by atoms with E-state index in [-0.39, 0.29) is 11.8 Å². The molecule has 2 aromatic carbocycles. The number of Topliss-reactive ketones (excluding diaryl/α,β-unsaturated/α-hetero) is 1. The molecular formula is C22H28O4. The van der Waals surface area contributed by atoms with Crippen LogP contribution >= 0.6 is 0 Å². The van der Waals surface area contributed by atoms with Gasteiger partial charge in [0.05, 0.1) is 13.0 Å². The third-order valence-corrected chi connectivity index (χ3v) is 4.59. The van der Waals surface area contributed by atoms with Crippen molar-refractivity contribution in [1.82, 2.24) is 0 Å². The molecule has 0 bridgehead atoms. The zero-order chi connectivity index (χ0) is 19.1. The Kier molecular flexibility index (Phi) is 7.19. The highest BCUT2D eigenvalue weighted by molar-refractivity contribution is 5.89. The molecule has 4 heteroatoms. The molecular weight excluding hydrogens is 328 g/mol. The summed E-state index contributed by atoms with van der Waals surface area (Å²) in [5.74, 6) is 0.0473. The normalized spacial score (nSPS) is 13.2. The summed E-state index contributed by atoms with van der Waals surface area (Å²) in [6.45, 7) is 5.76. The molecule has 0 aromatic heterocycles. The summed E-state index contributed by atoms with van der Waals surface area (Å²) in [6.07, 6.45) is 1.97. The summed E-state index contributed by atoms with van der Waals surface area (Å²) in [4.78, 5) is 24.8. The molecule has 140 valence electrons. The van der Waals surface area contributed by atoms with Crippen LogP contribution in [0.2, 0.25) is 0 Å². The van der Waals surface area contributed by atoms with Gasteiger partial charge in [0.15, 0.2) is 11.9 Å². The van der Waals surface area contributed by atoms with E-state index in [0.29, 0.717) is 12.8 Å². The summed E-state index contributed by atoms with van der Waals surface area (Å²) in [5.41, 5.74) is 0.880. The first-order valence-electron chi connectivity index (χ1n) is 9.31. The lowest BCUT2D eigenvalue weighted by Gasteiger charge is -2.19. The summed E-state index contributed by atoms with van der Waals surface area (Å²) in [7, 11) is 1.64. The predicted molar refractivity (Wildman–Crippen MR) is 104 cm³/mol. The van der Waals surface area contributed by atoms with Crippen LogP contribution in [0, 0.1) is 0 Å². The van der Waals surface area contributed by atoms with Gasteiger partial charge in [-0.3, -0.25) is 9.59 Å². The molecule has 0 fully saturated rings. The second-order valence-electron chi connectivity index (χ2n) is 6.62. The van der Waals surface area contributed by atoms with Crippen molar-refractivity contribution in [3.05, 3.63) is 42.0 Å². The number of hydrogen-bond acceptors (Lipinski definition) is 4. The molecule has 2 atom stereocenters. The summed E-state index contributed by atoms with van der Waals surface area (Å²) in [5, 5.41) is 2.09. The van der Waals surface area contributed by atoms with E-state index in [1.165, 1.54) is 0 Å². The molecule has 2 unspecified atom stereocenters. The first-order chi connectivity index (χ1) is 12.5. The molecule has 2 rings (SSSR count). The molecule has 0 saturated carbocycles. The second-order valence-corrected chi connectivity index (χ2v) is 6.62. The average Bonchev–Trinajstić information content (AvgIpc) is 2.66. The number of fused-ring (bicyclic) bond motifs is 1. The maximum absolute atomic E-state index is 12.6. The molecule has 4 nitrogen and oxygen atoms in total. The van der Waals surface area contributed by atoms with E-state index in [2.05, 4.69) is 0 Å². The van der Waals surface area contributed by atoms with Crippen LogP contribution in [0.25, 0.3) is 10.8 Å². The van der Waals surface area contributed by atoms with Crippen LogP contribution in [0.3, 0.4) is 0 Å². The van der Waals surface area contributed by atoms with Gasteiger partial charge in [-0.15, -0.1) is 0 Å². The Morgan fingerprint density at radius 2 is 1.69 bits per heavy atom. The van der Waals surface area contributed by atoms with Gasteiger partial charge >= 0.3 is 5.97 Å². The smallest absolute Gasteiger partial charge is 0.313 e. The summed E-state index contributed by atoms with van der Waals surface area (Å²) in [6, 6.07) is 11.7. The van der Waals surface area contributed by atoms with Crippen molar-refractivity contribution in [2.45, 2.75) is 58.5 Å². The van der Waals surface area contributed by atoms with Gasteiger partial charge in [-0.2, -0.15) is 0 Å². The molecule has 0 amide bonds. The zero-order valence-corrected chi connectivity index (χ0v) is 16.1. The lowest BCUT2D eigenvalue weighted by molar-refractivity contribution is -0.156. The van der Waals surface area contributed by atoms with Crippen molar-refractivity contribution in [1.29, 1.82) is 0 Å². The predicted octanol–water partition coefficient (Wildman–Crippen LogP) is 5.03. The Morgan fingerprint density at radius 1 is 1.00 bits per heavy atom. The average molecular weight is 356 g/mol. The van der Waals surface area contributed by atoms with Crippen molar-refractivity contribution >= 4 is 22.5 Å². The number of methoxy groups -OCH3 is 1.